The second-order valence-electron chi connectivity index (χ2n) is 13.5. The first-order valence-electron chi connectivity index (χ1n) is 17.2. The number of piperidine rings is 1. The summed E-state index contributed by atoms with van der Waals surface area (Å²) >= 11 is 0. The van der Waals surface area contributed by atoms with E-state index in [1.165, 1.54) is 22.3 Å². The number of imidazole rings is 1. The van der Waals surface area contributed by atoms with Gasteiger partial charge in [0.05, 0.1) is 12.7 Å². The molecule has 5 aromatic rings. The van der Waals surface area contributed by atoms with Crippen LogP contribution < -0.4 is 10.6 Å². The third-order valence-corrected chi connectivity index (χ3v) is 10.4. The van der Waals surface area contributed by atoms with E-state index in [1.807, 2.05) is 77.5 Å². The lowest BCUT2D eigenvalue weighted by molar-refractivity contribution is -0.128. The van der Waals surface area contributed by atoms with Crippen LogP contribution in [0.4, 0.5) is 10.6 Å². The molecule has 3 amide bonds. The molecular formula is C40H40ClN5O4. The second kappa shape index (κ2) is 14.4. The third-order valence-electron chi connectivity index (χ3n) is 10.4. The van der Waals surface area contributed by atoms with Crippen molar-refractivity contribution in [1.82, 2.24) is 19.8 Å². The van der Waals surface area contributed by atoms with Crippen molar-refractivity contribution in [1.29, 1.82) is 0 Å². The molecule has 256 valence electrons. The molecule has 3 aliphatic rings. The molecule has 50 heavy (non-hydrogen) atoms. The molecule has 1 saturated carbocycles. The summed E-state index contributed by atoms with van der Waals surface area (Å²) in [7, 11) is 0. The molecule has 0 atom stereocenters. The van der Waals surface area contributed by atoms with E-state index < -0.39 is 0 Å². The van der Waals surface area contributed by atoms with Crippen LogP contribution in [0, 0.1) is 5.92 Å². The van der Waals surface area contributed by atoms with Gasteiger partial charge >= 0.3 is 6.09 Å². The van der Waals surface area contributed by atoms with Crippen LogP contribution in [0.25, 0.3) is 21.9 Å². The summed E-state index contributed by atoms with van der Waals surface area (Å²) in [5.41, 5.74) is 5.78. The molecule has 2 fully saturated rings. The highest BCUT2D eigenvalue weighted by molar-refractivity contribution is 5.95. The van der Waals surface area contributed by atoms with Gasteiger partial charge in [0.15, 0.2) is 5.82 Å². The fraction of sp³-hybridized carbons (Fsp3) is 0.300. The number of fused-ring (bicyclic) bond motifs is 4. The maximum Gasteiger partial charge on any atom is 0.409 e. The molecule has 1 aliphatic heterocycles. The van der Waals surface area contributed by atoms with Crippen molar-refractivity contribution in [3.05, 3.63) is 120 Å². The van der Waals surface area contributed by atoms with Crippen molar-refractivity contribution >= 4 is 46.9 Å². The summed E-state index contributed by atoms with van der Waals surface area (Å²) in [6, 6.07) is 31.0. The van der Waals surface area contributed by atoms with Crippen molar-refractivity contribution in [3.63, 3.8) is 0 Å². The van der Waals surface area contributed by atoms with E-state index in [4.69, 9.17) is 4.74 Å². The number of carbonyl (C=O) groups is 3. The highest BCUT2D eigenvalue weighted by Gasteiger charge is 2.35. The van der Waals surface area contributed by atoms with Gasteiger partial charge in [-0.3, -0.25) is 9.59 Å². The number of nitrogens with zero attached hydrogens (tertiary/aromatic N) is 3. The zero-order valence-electron chi connectivity index (χ0n) is 27.7. The van der Waals surface area contributed by atoms with Gasteiger partial charge in [0.25, 0.3) is 0 Å². The Labute approximate surface area is 297 Å². The van der Waals surface area contributed by atoms with Crippen LogP contribution in [0.2, 0.25) is 0 Å². The Kier molecular flexibility index (Phi) is 9.59. The largest absolute Gasteiger partial charge is 0.448 e. The average molecular weight is 690 g/mol. The maximum absolute atomic E-state index is 13.1. The summed E-state index contributed by atoms with van der Waals surface area (Å²) in [6.45, 7) is 1.31. The highest BCUT2D eigenvalue weighted by Crippen LogP contribution is 2.44. The smallest absolute Gasteiger partial charge is 0.409 e. The van der Waals surface area contributed by atoms with Crippen LogP contribution >= 0.6 is 12.4 Å². The number of carbonyl (C=O) groups excluding carboxylic acids is 3. The normalized spacial score (nSPS) is 18.4. The summed E-state index contributed by atoms with van der Waals surface area (Å²) in [4.78, 5) is 45.1. The van der Waals surface area contributed by atoms with E-state index in [-0.39, 0.29) is 60.7 Å². The number of halogens is 1. The molecule has 0 spiro atoms. The van der Waals surface area contributed by atoms with Gasteiger partial charge in [0.2, 0.25) is 11.8 Å². The molecular weight excluding hydrogens is 650 g/mol. The quantitative estimate of drug-likeness (QED) is 0.181. The zero-order valence-corrected chi connectivity index (χ0v) is 28.5. The first-order valence-corrected chi connectivity index (χ1v) is 17.2. The molecule has 0 unspecified atom stereocenters. The SMILES string of the molecule is Cl.O=C(Cc1cccc2ccccc12)Nc1cn(C2CC(NC(=O)C3CCN(C(=O)OCC4c5ccccc5-c5ccccc54)CC3)C2)cn1. The lowest BCUT2D eigenvalue weighted by atomic mass is 9.85. The van der Waals surface area contributed by atoms with Crippen molar-refractivity contribution < 1.29 is 19.1 Å². The van der Waals surface area contributed by atoms with Crippen molar-refractivity contribution in [3.8, 4) is 11.1 Å². The van der Waals surface area contributed by atoms with Gasteiger partial charge in [0.1, 0.15) is 6.61 Å². The van der Waals surface area contributed by atoms with Crippen LogP contribution in [0.1, 0.15) is 54.3 Å². The number of nitrogens with one attached hydrogen (secondary N) is 2. The summed E-state index contributed by atoms with van der Waals surface area (Å²) < 4.78 is 7.86. The number of hydrogen-bond acceptors (Lipinski definition) is 5. The third kappa shape index (κ3) is 6.70. The summed E-state index contributed by atoms with van der Waals surface area (Å²) in [5, 5.41) is 8.34. The Morgan fingerprint density at radius 3 is 2.22 bits per heavy atom. The van der Waals surface area contributed by atoms with Gasteiger partial charge in [-0.15, -0.1) is 12.4 Å². The van der Waals surface area contributed by atoms with Gasteiger partial charge in [0, 0.05) is 43.2 Å². The molecule has 9 nitrogen and oxygen atoms in total. The fourth-order valence-corrected chi connectivity index (χ4v) is 7.69. The molecule has 0 radical (unpaired) electrons. The number of hydrogen-bond donors (Lipinski definition) is 2. The predicted octanol–water partition coefficient (Wildman–Crippen LogP) is 7.12. The van der Waals surface area contributed by atoms with E-state index in [1.54, 1.807) is 11.2 Å². The van der Waals surface area contributed by atoms with E-state index in [9.17, 15) is 14.4 Å². The number of rotatable bonds is 8. The van der Waals surface area contributed by atoms with Gasteiger partial charge in [-0.25, -0.2) is 9.78 Å². The maximum atomic E-state index is 13.1. The monoisotopic (exact) mass is 689 g/mol. The van der Waals surface area contributed by atoms with Crippen molar-refractivity contribution in [2.24, 2.45) is 5.92 Å². The minimum Gasteiger partial charge on any atom is -0.448 e. The molecule has 1 saturated heterocycles. The topological polar surface area (TPSA) is 106 Å². The van der Waals surface area contributed by atoms with Crippen LogP contribution in [-0.4, -0.2) is 58.1 Å². The van der Waals surface area contributed by atoms with Gasteiger partial charge in [-0.2, -0.15) is 0 Å². The Hall–Kier alpha value is -5.15. The first kappa shape index (κ1) is 33.4. The summed E-state index contributed by atoms with van der Waals surface area (Å²) in [6.07, 6.45) is 6.43. The molecule has 2 aliphatic carbocycles. The van der Waals surface area contributed by atoms with Crippen LogP contribution in [0.15, 0.2) is 104 Å². The number of amides is 3. The average Bonchev–Trinajstić information content (AvgIpc) is 3.70. The number of ether oxygens (including phenoxy) is 1. The fourth-order valence-electron chi connectivity index (χ4n) is 7.69. The van der Waals surface area contributed by atoms with E-state index >= 15 is 0 Å². The van der Waals surface area contributed by atoms with Crippen LogP contribution in [-0.2, 0) is 20.7 Å². The van der Waals surface area contributed by atoms with E-state index in [2.05, 4.69) is 39.9 Å². The molecule has 2 N–H and O–H groups in total. The van der Waals surface area contributed by atoms with Gasteiger partial charge in [-0.1, -0.05) is 91.0 Å². The molecule has 8 rings (SSSR count). The molecule has 0 bridgehead atoms. The van der Waals surface area contributed by atoms with Crippen molar-refractivity contribution in [2.45, 2.75) is 50.1 Å². The lowest BCUT2D eigenvalue weighted by Crippen LogP contribution is -2.49. The Balaban J connectivity index is 0.00000392. The number of aromatic nitrogens is 2. The van der Waals surface area contributed by atoms with Gasteiger partial charge < -0.3 is 24.8 Å². The van der Waals surface area contributed by atoms with Gasteiger partial charge in [-0.05, 0) is 64.3 Å². The second-order valence-corrected chi connectivity index (χ2v) is 13.5. The molecule has 10 heteroatoms. The molecule has 2 heterocycles. The molecule has 1 aromatic heterocycles. The Morgan fingerprint density at radius 2 is 1.48 bits per heavy atom. The Bertz CT molecular complexity index is 1980. The first-order chi connectivity index (χ1) is 24.0. The molecule has 4 aromatic carbocycles. The Morgan fingerprint density at radius 1 is 0.820 bits per heavy atom. The van der Waals surface area contributed by atoms with Crippen LogP contribution in [0.5, 0.6) is 0 Å². The zero-order chi connectivity index (χ0) is 33.3. The number of likely N-dealkylation sites (tertiary alicyclic amines) is 1. The highest BCUT2D eigenvalue weighted by atomic mass is 35.5. The standard InChI is InChI=1S/C40H39N5O4.ClH/c46-38(20-28-10-7-9-26-8-1-2-11-31(26)28)43-37-23-45(25-41-37)30-21-29(22-30)42-39(47)27-16-18-44(19-17-27)40(48)49-24-36-34-14-5-3-12-32(34)33-13-4-6-15-35(33)36;/h1-15,23,25,27,29-30,36H,16-22,24H2,(H,42,47)(H,43,46);1H. The minimum atomic E-state index is -0.313. The van der Waals surface area contributed by atoms with Crippen LogP contribution in [0.3, 0.4) is 0 Å². The van der Waals surface area contributed by atoms with Crippen molar-refractivity contribution in [2.75, 3.05) is 25.0 Å². The summed E-state index contributed by atoms with van der Waals surface area (Å²) in [5.74, 6) is 0.390. The number of anilines is 1. The lowest BCUT2D eigenvalue weighted by Gasteiger charge is -2.38. The number of benzene rings is 4. The minimum absolute atomic E-state index is 0. The van der Waals surface area contributed by atoms with E-state index in [0.29, 0.717) is 38.4 Å². The van der Waals surface area contributed by atoms with E-state index in [0.717, 1.165) is 29.2 Å². The predicted molar refractivity (Wildman–Crippen MR) is 195 cm³/mol.